The van der Waals surface area contributed by atoms with Crippen molar-refractivity contribution in [3.05, 3.63) is 51.8 Å². The topological polar surface area (TPSA) is 28.2 Å². The average Bonchev–Trinajstić information content (AvgIpc) is 2.81. The van der Waals surface area contributed by atoms with E-state index in [1.807, 2.05) is 13.1 Å². The van der Waals surface area contributed by atoms with Crippen LogP contribution in [0.5, 0.6) is 0 Å². The molecule has 2 heterocycles. The minimum atomic E-state index is 0.833. The summed E-state index contributed by atoms with van der Waals surface area (Å²) in [5.41, 5.74) is 6.35. The first kappa shape index (κ1) is 13.4. The second kappa shape index (κ2) is 5.44. The highest BCUT2D eigenvalue weighted by molar-refractivity contribution is 9.10. The predicted octanol–water partition coefficient (Wildman–Crippen LogP) is 3.76. The van der Waals surface area contributed by atoms with E-state index >= 15 is 0 Å². The number of anilines is 2. The van der Waals surface area contributed by atoms with Crippen LogP contribution >= 0.6 is 15.9 Å². The third-order valence-electron chi connectivity index (χ3n) is 3.78. The summed E-state index contributed by atoms with van der Waals surface area (Å²) >= 11 is 3.42. The van der Waals surface area contributed by atoms with Crippen molar-refractivity contribution in [3.63, 3.8) is 0 Å². The number of hydrogen-bond donors (Lipinski definition) is 1. The van der Waals surface area contributed by atoms with Gasteiger partial charge in [0, 0.05) is 25.8 Å². The molecule has 2 aromatic rings. The number of nitrogens with one attached hydrogen (secondary N) is 1. The molecule has 20 heavy (non-hydrogen) atoms. The summed E-state index contributed by atoms with van der Waals surface area (Å²) in [6.45, 7) is 4.01. The summed E-state index contributed by atoms with van der Waals surface area (Å²) in [6.07, 6.45) is 3.01. The third kappa shape index (κ3) is 2.66. The van der Waals surface area contributed by atoms with E-state index in [9.17, 15) is 0 Å². The predicted molar refractivity (Wildman–Crippen MR) is 87.4 cm³/mol. The monoisotopic (exact) mass is 331 g/mol. The molecule has 0 aliphatic carbocycles. The zero-order valence-corrected chi connectivity index (χ0v) is 13.4. The van der Waals surface area contributed by atoms with Gasteiger partial charge in [0.15, 0.2) is 0 Å². The van der Waals surface area contributed by atoms with Gasteiger partial charge >= 0.3 is 0 Å². The van der Waals surface area contributed by atoms with Gasteiger partial charge in [-0.25, -0.2) is 4.98 Å². The van der Waals surface area contributed by atoms with Crippen molar-refractivity contribution >= 4 is 27.3 Å². The Balaban J connectivity index is 1.71. The van der Waals surface area contributed by atoms with Crippen LogP contribution in [0.1, 0.15) is 16.7 Å². The first-order chi connectivity index (χ1) is 9.63. The Labute approximate surface area is 128 Å². The van der Waals surface area contributed by atoms with Crippen molar-refractivity contribution in [2.24, 2.45) is 0 Å². The van der Waals surface area contributed by atoms with Crippen LogP contribution in [-0.2, 0) is 13.0 Å². The lowest BCUT2D eigenvalue weighted by molar-refractivity contribution is 0.955. The van der Waals surface area contributed by atoms with Gasteiger partial charge in [0.2, 0.25) is 0 Å². The number of pyridine rings is 1. The molecule has 1 aliphatic heterocycles. The van der Waals surface area contributed by atoms with Gasteiger partial charge < -0.3 is 10.2 Å². The lowest BCUT2D eigenvalue weighted by Gasteiger charge is -2.13. The van der Waals surface area contributed by atoms with Crippen molar-refractivity contribution in [1.29, 1.82) is 0 Å². The Hall–Kier alpha value is -1.55. The molecule has 4 heteroatoms. The molecular weight excluding hydrogens is 314 g/mol. The fraction of sp³-hybridized carbons (Fsp3) is 0.312. The van der Waals surface area contributed by atoms with E-state index in [0.717, 1.165) is 35.4 Å². The quantitative estimate of drug-likeness (QED) is 0.868. The SMILES string of the molecule is Cc1cc(NCc2ccc3c(c2)CCN3C)cnc1Br. The van der Waals surface area contributed by atoms with Gasteiger partial charge in [-0.3, -0.25) is 0 Å². The minimum absolute atomic E-state index is 0.833. The van der Waals surface area contributed by atoms with E-state index in [1.165, 1.54) is 16.8 Å². The van der Waals surface area contributed by atoms with Crippen LogP contribution in [-0.4, -0.2) is 18.6 Å². The van der Waals surface area contributed by atoms with Crippen molar-refractivity contribution in [1.82, 2.24) is 4.98 Å². The standard InChI is InChI=1S/C16H18BrN3/c1-11-7-14(10-19-16(11)17)18-9-12-3-4-15-13(8-12)5-6-20(15)2/h3-4,7-8,10,18H,5-6,9H2,1-2H3. The number of fused-ring (bicyclic) bond motifs is 1. The highest BCUT2D eigenvalue weighted by atomic mass is 79.9. The minimum Gasteiger partial charge on any atom is -0.380 e. The fourth-order valence-corrected chi connectivity index (χ4v) is 2.81. The number of hydrogen-bond acceptors (Lipinski definition) is 3. The van der Waals surface area contributed by atoms with Crippen LogP contribution in [0.25, 0.3) is 0 Å². The van der Waals surface area contributed by atoms with E-state index < -0.39 is 0 Å². The first-order valence-corrected chi connectivity index (χ1v) is 7.62. The maximum atomic E-state index is 4.31. The Kier molecular flexibility index (Phi) is 3.66. The van der Waals surface area contributed by atoms with E-state index in [2.05, 4.69) is 62.4 Å². The van der Waals surface area contributed by atoms with Crippen molar-refractivity contribution in [2.45, 2.75) is 19.9 Å². The van der Waals surface area contributed by atoms with E-state index in [-0.39, 0.29) is 0 Å². The Bertz CT molecular complexity index is 640. The molecule has 0 atom stereocenters. The molecule has 1 aliphatic rings. The zero-order chi connectivity index (χ0) is 14.1. The Morgan fingerprint density at radius 2 is 2.20 bits per heavy atom. The highest BCUT2D eigenvalue weighted by Gasteiger charge is 2.15. The van der Waals surface area contributed by atoms with Crippen LogP contribution < -0.4 is 10.2 Å². The number of likely N-dealkylation sites (N-methyl/N-ethyl adjacent to an activating group) is 1. The zero-order valence-electron chi connectivity index (χ0n) is 11.8. The van der Waals surface area contributed by atoms with Gasteiger partial charge in [0.05, 0.1) is 11.9 Å². The summed E-state index contributed by atoms with van der Waals surface area (Å²) < 4.78 is 0.906. The number of benzene rings is 1. The van der Waals surface area contributed by atoms with Crippen molar-refractivity contribution in [2.75, 3.05) is 23.8 Å². The first-order valence-electron chi connectivity index (χ1n) is 6.82. The molecule has 1 aromatic carbocycles. The fourth-order valence-electron chi connectivity index (χ4n) is 2.59. The Morgan fingerprint density at radius 1 is 1.35 bits per heavy atom. The highest BCUT2D eigenvalue weighted by Crippen LogP contribution is 2.27. The van der Waals surface area contributed by atoms with Crippen LogP contribution in [0, 0.1) is 6.92 Å². The van der Waals surface area contributed by atoms with Crippen molar-refractivity contribution < 1.29 is 0 Å². The second-order valence-electron chi connectivity index (χ2n) is 5.32. The lowest BCUT2D eigenvalue weighted by Crippen LogP contribution is -2.12. The largest absolute Gasteiger partial charge is 0.380 e. The lowest BCUT2D eigenvalue weighted by atomic mass is 10.1. The molecular formula is C16H18BrN3. The van der Waals surface area contributed by atoms with Gasteiger partial charge in [-0.2, -0.15) is 0 Å². The molecule has 0 saturated carbocycles. The molecule has 0 amide bonds. The van der Waals surface area contributed by atoms with E-state index in [4.69, 9.17) is 0 Å². The number of aromatic nitrogens is 1. The normalized spacial score (nSPS) is 13.4. The molecule has 104 valence electrons. The van der Waals surface area contributed by atoms with Crippen LogP contribution in [0.4, 0.5) is 11.4 Å². The number of nitrogens with zero attached hydrogens (tertiary/aromatic N) is 2. The van der Waals surface area contributed by atoms with E-state index in [0.29, 0.717) is 0 Å². The molecule has 0 unspecified atom stereocenters. The summed E-state index contributed by atoms with van der Waals surface area (Å²) in [6, 6.07) is 8.85. The summed E-state index contributed by atoms with van der Waals surface area (Å²) in [5, 5.41) is 3.43. The Morgan fingerprint density at radius 3 is 3.00 bits per heavy atom. The molecule has 0 fully saturated rings. The second-order valence-corrected chi connectivity index (χ2v) is 6.07. The number of rotatable bonds is 3. The smallest absolute Gasteiger partial charge is 0.109 e. The number of aryl methyl sites for hydroxylation is 1. The maximum absolute atomic E-state index is 4.31. The molecule has 3 rings (SSSR count). The molecule has 3 nitrogen and oxygen atoms in total. The van der Waals surface area contributed by atoms with Gasteiger partial charge in [-0.1, -0.05) is 12.1 Å². The van der Waals surface area contributed by atoms with Gasteiger partial charge in [-0.05, 0) is 58.1 Å². The molecule has 1 aromatic heterocycles. The van der Waals surface area contributed by atoms with Gasteiger partial charge in [-0.15, -0.1) is 0 Å². The maximum Gasteiger partial charge on any atom is 0.109 e. The van der Waals surface area contributed by atoms with Crippen molar-refractivity contribution in [3.8, 4) is 0 Å². The van der Waals surface area contributed by atoms with Crippen LogP contribution in [0.3, 0.4) is 0 Å². The summed E-state index contributed by atoms with van der Waals surface area (Å²) in [7, 11) is 2.15. The molecule has 0 bridgehead atoms. The van der Waals surface area contributed by atoms with Gasteiger partial charge in [0.25, 0.3) is 0 Å². The van der Waals surface area contributed by atoms with E-state index in [1.54, 1.807) is 0 Å². The van der Waals surface area contributed by atoms with Crippen LogP contribution in [0.2, 0.25) is 0 Å². The van der Waals surface area contributed by atoms with Crippen LogP contribution in [0.15, 0.2) is 35.1 Å². The summed E-state index contributed by atoms with van der Waals surface area (Å²) in [5.74, 6) is 0. The van der Waals surface area contributed by atoms with Gasteiger partial charge in [0.1, 0.15) is 4.60 Å². The molecule has 1 N–H and O–H groups in total. The number of halogens is 1. The molecule has 0 spiro atoms. The summed E-state index contributed by atoms with van der Waals surface area (Å²) in [4.78, 5) is 6.62. The average molecular weight is 332 g/mol. The molecule has 0 saturated heterocycles. The third-order valence-corrected chi connectivity index (χ3v) is 4.61. The molecule has 0 radical (unpaired) electrons.